The largest absolute Gasteiger partial charge is 0.468 e. The molecular formula is C17H26F3IN4O2. The van der Waals surface area contributed by atoms with Crippen molar-refractivity contribution < 1.29 is 22.6 Å². The number of hydrogen-bond donors (Lipinski definition) is 2. The molecule has 1 aliphatic rings. The summed E-state index contributed by atoms with van der Waals surface area (Å²) in [5, 5.41) is 6.33. The van der Waals surface area contributed by atoms with Crippen molar-refractivity contribution in [2.45, 2.75) is 45.0 Å². The SMILES string of the molecule is CCNC(=NCc1cccnc1OCC(F)(F)F)NCC1(C)CCCO1.I. The van der Waals surface area contributed by atoms with Crippen LogP contribution in [0.15, 0.2) is 23.3 Å². The molecule has 1 unspecified atom stereocenters. The van der Waals surface area contributed by atoms with Gasteiger partial charge in [0.15, 0.2) is 12.6 Å². The highest BCUT2D eigenvalue weighted by Gasteiger charge is 2.30. The number of halogens is 4. The molecule has 2 rings (SSSR count). The van der Waals surface area contributed by atoms with Crippen LogP contribution >= 0.6 is 24.0 Å². The molecule has 6 nitrogen and oxygen atoms in total. The van der Waals surface area contributed by atoms with Crippen molar-refractivity contribution in [2.75, 3.05) is 26.3 Å². The molecule has 27 heavy (non-hydrogen) atoms. The van der Waals surface area contributed by atoms with Crippen LogP contribution in [0, 0.1) is 0 Å². The normalized spacial score (nSPS) is 20.1. The number of nitrogens with one attached hydrogen (secondary N) is 2. The van der Waals surface area contributed by atoms with Gasteiger partial charge in [0.05, 0.1) is 12.1 Å². The average molecular weight is 502 g/mol. The summed E-state index contributed by atoms with van der Waals surface area (Å²) in [4.78, 5) is 8.29. The monoisotopic (exact) mass is 502 g/mol. The van der Waals surface area contributed by atoms with Crippen molar-refractivity contribution in [2.24, 2.45) is 4.99 Å². The van der Waals surface area contributed by atoms with Crippen LogP contribution in [0.3, 0.4) is 0 Å². The molecule has 1 atom stereocenters. The molecule has 0 aromatic carbocycles. The Bertz CT molecular complexity index is 608. The Morgan fingerprint density at radius 2 is 2.19 bits per heavy atom. The summed E-state index contributed by atoms with van der Waals surface area (Å²) in [6.45, 7) is 4.76. The number of guanidine groups is 1. The van der Waals surface area contributed by atoms with Gasteiger partial charge in [-0.05, 0) is 32.8 Å². The highest BCUT2D eigenvalue weighted by atomic mass is 127. The van der Waals surface area contributed by atoms with E-state index >= 15 is 0 Å². The Morgan fingerprint density at radius 3 is 2.81 bits per heavy atom. The lowest BCUT2D eigenvalue weighted by atomic mass is 10.0. The predicted molar refractivity (Wildman–Crippen MR) is 108 cm³/mol. The topological polar surface area (TPSA) is 67.8 Å². The van der Waals surface area contributed by atoms with Gasteiger partial charge < -0.3 is 20.1 Å². The van der Waals surface area contributed by atoms with E-state index in [0.717, 1.165) is 19.4 Å². The Balaban J connectivity index is 0.00000364. The molecule has 2 N–H and O–H groups in total. The van der Waals surface area contributed by atoms with E-state index in [1.165, 1.54) is 6.20 Å². The van der Waals surface area contributed by atoms with Gasteiger partial charge in [0.2, 0.25) is 5.88 Å². The molecule has 0 saturated carbocycles. The molecule has 0 spiro atoms. The Hall–Kier alpha value is -1.30. The van der Waals surface area contributed by atoms with E-state index in [0.29, 0.717) is 24.6 Å². The van der Waals surface area contributed by atoms with Gasteiger partial charge >= 0.3 is 6.18 Å². The maximum Gasteiger partial charge on any atom is 0.422 e. The summed E-state index contributed by atoms with van der Waals surface area (Å²) in [7, 11) is 0. The number of aliphatic imine (C=N–C) groups is 1. The Kier molecular flexibility index (Phi) is 9.57. The predicted octanol–water partition coefficient (Wildman–Crippen LogP) is 3.26. The van der Waals surface area contributed by atoms with Gasteiger partial charge in [-0.3, -0.25) is 0 Å². The zero-order valence-corrected chi connectivity index (χ0v) is 17.8. The van der Waals surface area contributed by atoms with Crippen LogP contribution in [0.5, 0.6) is 5.88 Å². The second-order valence-corrected chi connectivity index (χ2v) is 6.32. The summed E-state index contributed by atoms with van der Waals surface area (Å²) < 4.78 is 47.6. The number of hydrogen-bond acceptors (Lipinski definition) is 4. The number of pyridine rings is 1. The maximum atomic E-state index is 12.4. The van der Waals surface area contributed by atoms with Crippen molar-refractivity contribution in [3.63, 3.8) is 0 Å². The smallest absolute Gasteiger partial charge is 0.422 e. The molecule has 1 aromatic rings. The lowest BCUT2D eigenvalue weighted by molar-refractivity contribution is -0.154. The molecule has 1 saturated heterocycles. The van der Waals surface area contributed by atoms with Gasteiger partial charge in [-0.15, -0.1) is 24.0 Å². The van der Waals surface area contributed by atoms with E-state index < -0.39 is 12.8 Å². The first-order chi connectivity index (χ1) is 12.3. The third kappa shape index (κ3) is 8.50. The summed E-state index contributed by atoms with van der Waals surface area (Å²) in [6, 6.07) is 3.28. The molecule has 1 aliphatic heterocycles. The fourth-order valence-corrected chi connectivity index (χ4v) is 2.58. The van der Waals surface area contributed by atoms with Crippen LogP contribution in [0.2, 0.25) is 0 Å². The molecule has 0 amide bonds. The third-order valence-corrected chi connectivity index (χ3v) is 3.90. The van der Waals surface area contributed by atoms with Crippen molar-refractivity contribution >= 4 is 29.9 Å². The van der Waals surface area contributed by atoms with Gasteiger partial charge in [-0.2, -0.15) is 13.2 Å². The lowest BCUT2D eigenvalue weighted by Crippen LogP contribution is -2.45. The lowest BCUT2D eigenvalue weighted by Gasteiger charge is -2.24. The molecular weight excluding hydrogens is 476 g/mol. The minimum atomic E-state index is -4.41. The van der Waals surface area contributed by atoms with Gasteiger partial charge in [0.1, 0.15) is 0 Å². The van der Waals surface area contributed by atoms with E-state index in [-0.39, 0.29) is 42.0 Å². The molecule has 1 fully saturated rings. The zero-order chi connectivity index (χ0) is 19.0. The minimum absolute atomic E-state index is 0. The number of aromatic nitrogens is 1. The Morgan fingerprint density at radius 1 is 1.41 bits per heavy atom. The first kappa shape index (κ1) is 23.7. The molecule has 0 radical (unpaired) electrons. The van der Waals surface area contributed by atoms with E-state index in [1.54, 1.807) is 12.1 Å². The van der Waals surface area contributed by atoms with Crippen molar-refractivity contribution in [1.29, 1.82) is 0 Å². The van der Waals surface area contributed by atoms with Gasteiger partial charge in [-0.25, -0.2) is 9.98 Å². The molecule has 1 aromatic heterocycles. The fraction of sp³-hybridized carbons (Fsp3) is 0.647. The number of alkyl halides is 3. The fourth-order valence-electron chi connectivity index (χ4n) is 2.58. The third-order valence-electron chi connectivity index (χ3n) is 3.90. The highest BCUT2D eigenvalue weighted by Crippen LogP contribution is 2.24. The van der Waals surface area contributed by atoms with Crippen molar-refractivity contribution in [3.05, 3.63) is 23.9 Å². The van der Waals surface area contributed by atoms with Crippen LogP contribution in [0.25, 0.3) is 0 Å². The van der Waals surface area contributed by atoms with Crippen LogP contribution in [0.4, 0.5) is 13.2 Å². The van der Waals surface area contributed by atoms with E-state index in [4.69, 9.17) is 9.47 Å². The molecule has 0 bridgehead atoms. The summed E-state index contributed by atoms with van der Waals surface area (Å²) in [6.07, 6.45) is -1.02. The van der Waals surface area contributed by atoms with Crippen LogP contribution in [-0.2, 0) is 11.3 Å². The second-order valence-electron chi connectivity index (χ2n) is 6.32. The second kappa shape index (κ2) is 10.9. The molecule has 10 heteroatoms. The summed E-state index contributed by atoms with van der Waals surface area (Å²) in [5.74, 6) is 0.505. The Labute approximate surface area is 174 Å². The van der Waals surface area contributed by atoms with Crippen LogP contribution in [0.1, 0.15) is 32.3 Å². The maximum absolute atomic E-state index is 12.4. The first-order valence-corrected chi connectivity index (χ1v) is 8.61. The standard InChI is InChI=1S/C17H25F3N4O2.HI/c1-3-21-15(24-11-16(2)7-5-9-26-16)23-10-13-6-4-8-22-14(13)25-12-17(18,19)20;/h4,6,8H,3,5,7,9-12H2,1-2H3,(H2,21,23,24);1H. The van der Waals surface area contributed by atoms with Gasteiger partial charge in [0.25, 0.3) is 0 Å². The zero-order valence-electron chi connectivity index (χ0n) is 15.4. The van der Waals surface area contributed by atoms with Crippen molar-refractivity contribution in [1.82, 2.24) is 15.6 Å². The molecule has 0 aliphatic carbocycles. The van der Waals surface area contributed by atoms with Gasteiger partial charge in [0, 0.05) is 31.5 Å². The molecule has 2 heterocycles. The number of nitrogens with zero attached hydrogens (tertiary/aromatic N) is 2. The summed E-state index contributed by atoms with van der Waals surface area (Å²) >= 11 is 0. The minimum Gasteiger partial charge on any atom is -0.468 e. The van der Waals surface area contributed by atoms with Crippen molar-refractivity contribution in [3.8, 4) is 5.88 Å². The van der Waals surface area contributed by atoms with E-state index in [2.05, 4.69) is 20.6 Å². The quantitative estimate of drug-likeness (QED) is 0.341. The van der Waals surface area contributed by atoms with E-state index in [1.807, 2.05) is 13.8 Å². The average Bonchev–Trinajstić information content (AvgIpc) is 3.02. The van der Waals surface area contributed by atoms with Crippen LogP contribution in [-0.4, -0.2) is 49.0 Å². The number of ether oxygens (including phenoxy) is 2. The van der Waals surface area contributed by atoms with Gasteiger partial charge in [-0.1, -0.05) is 6.07 Å². The molecule has 154 valence electrons. The highest BCUT2D eigenvalue weighted by molar-refractivity contribution is 14.0. The van der Waals surface area contributed by atoms with E-state index in [9.17, 15) is 13.2 Å². The first-order valence-electron chi connectivity index (χ1n) is 8.61. The van der Waals surface area contributed by atoms with Crippen LogP contribution < -0.4 is 15.4 Å². The summed E-state index contributed by atoms with van der Waals surface area (Å²) in [5.41, 5.74) is 0.253. The number of rotatable bonds is 7.